The van der Waals surface area contributed by atoms with Gasteiger partial charge in [0.15, 0.2) is 0 Å². The highest BCUT2D eigenvalue weighted by Crippen LogP contribution is 2.19. The molecule has 0 saturated carbocycles. The fourth-order valence-electron chi connectivity index (χ4n) is 1.98. The van der Waals surface area contributed by atoms with Crippen LogP contribution in [0, 0.1) is 0 Å². The van der Waals surface area contributed by atoms with Crippen LogP contribution in [0.2, 0.25) is 0 Å². The Hall–Kier alpha value is -2.68. The van der Waals surface area contributed by atoms with Crippen LogP contribution in [0.5, 0.6) is 0 Å². The van der Waals surface area contributed by atoms with Crippen molar-refractivity contribution in [2.24, 2.45) is 0 Å². The fraction of sp³-hybridized carbons (Fsp3) is 0. The van der Waals surface area contributed by atoms with Crippen molar-refractivity contribution in [2.75, 3.05) is 16.6 Å². The van der Waals surface area contributed by atoms with E-state index in [4.69, 9.17) is 5.73 Å². The largest absolute Gasteiger partial charge is 0.399 e. The highest BCUT2D eigenvalue weighted by atomic mass is 15.4. The summed E-state index contributed by atoms with van der Waals surface area (Å²) < 4.78 is 0. The molecule has 3 aromatic carbocycles. The second-order valence-electron chi connectivity index (χ2n) is 4.43. The van der Waals surface area contributed by atoms with Gasteiger partial charge in [0.25, 0.3) is 0 Å². The SMILES string of the molecule is Nc1ccc(NNc2ccc3ccccc3c2)cc1. The second kappa shape index (κ2) is 4.90. The number of nitrogens with two attached hydrogens (primary N) is 1. The van der Waals surface area contributed by atoms with Crippen molar-refractivity contribution in [1.29, 1.82) is 0 Å². The molecule has 0 bridgehead atoms. The quantitative estimate of drug-likeness (QED) is 0.488. The van der Waals surface area contributed by atoms with Crippen molar-refractivity contribution in [3.63, 3.8) is 0 Å². The highest BCUT2D eigenvalue weighted by molar-refractivity contribution is 5.85. The number of hydrazine groups is 1. The zero-order valence-corrected chi connectivity index (χ0v) is 10.4. The third-order valence-electron chi connectivity index (χ3n) is 3.01. The Morgan fingerprint density at radius 2 is 1.26 bits per heavy atom. The van der Waals surface area contributed by atoms with Crippen molar-refractivity contribution in [3.05, 3.63) is 66.7 Å². The summed E-state index contributed by atoms with van der Waals surface area (Å²) in [6.07, 6.45) is 0. The monoisotopic (exact) mass is 249 g/mol. The van der Waals surface area contributed by atoms with Crippen molar-refractivity contribution in [2.45, 2.75) is 0 Å². The van der Waals surface area contributed by atoms with Crippen molar-refractivity contribution in [3.8, 4) is 0 Å². The average Bonchev–Trinajstić information content (AvgIpc) is 2.46. The number of fused-ring (bicyclic) bond motifs is 1. The standard InChI is InChI=1S/C16H15N3/c17-14-6-9-15(10-7-14)18-19-16-8-5-12-3-1-2-4-13(12)11-16/h1-11,18-19H,17H2. The molecule has 3 nitrogen and oxygen atoms in total. The Balaban J connectivity index is 1.76. The van der Waals surface area contributed by atoms with Crippen LogP contribution in [0.15, 0.2) is 66.7 Å². The van der Waals surface area contributed by atoms with Gasteiger partial charge in [-0.3, -0.25) is 0 Å². The molecule has 3 heteroatoms. The van der Waals surface area contributed by atoms with Gasteiger partial charge in [0.05, 0.1) is 11.4 Å². The van der Waals surface area contributed by atoms with Crippen LogP contribution in [0.25, 0.3) is 10.8 Å². The Labute approximate surface area is 112 Å². The lowest BCUT2D eigenvalue weighted by molar-refractivity contribution is 1.42. The Morgan fingerprint density at radius 1 is 0.632 bits per heavy atom. The molecule has 0 aliphatic rings. The summed E-state index contributed by atoms with van der Waals surface area (Å²) in [6.45, 7) is 0. The number of hydrogen-bond acceptors (Lipinski definition) is 3. The first-order valence-corrected chi connectivity index (χ1v) is 6.18. The van der Waals surface area contributed by atoms with Crippen LogP contribution in [-0.4, -0.2) is 0 Å². The molecule has 0 heterocycles. The molecule has 0 fully saturated rings. The highest BCUT2D eigenvalue weighted by Gasteiger charge is 1.96. The lowest BCUT2D eigenvalue weighted by atomic mass is 10.1. The van der Waals surface area contributed by atoms with E-state index in [0.29, 0.717) is 0 Å². The van der Waals surface area contributed by atoms with Crippen LogP contribution in [-0.2, 0) is 0 Å². The van der Waals surface area contributed by atoms with E-state index < -0.39 is 0 Å². The Bertz CT molecular complexity index is 690. The van der Waals surface area contributed by atoms with Gasteiger partial charge in [-0.1, -0.05) is 30.3 Å². The minimum absolute atomic E-state index is 0.760. The predicted molar refractivity (Wildman–Crippen MR) is 82.0 cm³/mol. The molecule has 0 aliphatic heterocycles. The summed E-state index contributed by atoms with van der Waals surface area (Å²) in [5.74, 6) is 0. The van der Waals surface area contributed by atoms with Gasteiger partial charge in [-0.15, -0.1) is 0 Å². The number of nitrogen functional groups attached to an aromatic ring is 1. The van der Waals surface area contributed by atoms with Crippen molar-refractivity contribution >= 4 is 27.8 Å². The predicted octanol–water partition coefficient (Wildman–Crippen LogP) is 3.86. The van der Waals surface area contributed by atoms with Crippen LogP contribution in [0.3, 0.4) is 0 Å². The van der Waals surface area contributed by atoms with E-state index in [2.05, 4.69) is 35.1 Å². The number of nitrogens with one attached hydrogen (secondary N) is 2. The van der Waals surface area contributed by atoms with Gasteiger partial charge in [-0.2, -0.15) is 0 Å². The van der Waals surface area contributed by atoms with Crippen LogP contribution in [0.1, 0.15) is 0 Å². The average molecular weight is 249 g/mol. The first-order chi connectivity index (χ1) is 9.31. The third kappa shape index (κ3) is 2.60. The van der Waals surface area contributed by atoms with Crippen LogP contribution in [0.4, 0.5) is 17.1 Å². The molecule has 0 unspecified atom stereocenters. The number of rotatable bonds is 3. The molecule has 0 aliphatic carbocycles. The van der Waals surface area contributed by atoms with E-state index in [9.17, 15) is 0 Å². The molecular weight excluding hydrogens is 234 g/mol. The molecule has 94 valence electrons. The summed E-state index contributed by atoms with van der Waals surface area (Å²) in [7, 11) is 0. The van der Waals surface area contributed by atoms with E-state index >= 15 is 0 Å². The number of anilines is 3. The molecular formula is C16H15N3. The molecule has 3 rings (SSSR count). The molecule has 0 aromatic heterocycles. The topological polar surface area (TPSA) is 50.1 Å². The molecule has 4 N–H and O–H groups in total. The summed E-state index contributed by atoms with van der Waals surface area (Å²) in [5.41, 5.74) is 14.7. The molecule has 0 radical (unpaired) electrons. The molecule has 0 atom stereocenters. The van der Waals surface area contributed by atoms with E-state index in [1.807, 2.05) is 42.5 Å². The van der Waals surface area contributed by atoms with E-state index in [0.717, 1.165) is 17.1 Å². The van der Waals surface area contributed by atoms with Gasteiger partial charge in [0.1, 0.15) is 0 Å². The van der Waals surface area contributed by atoms with Gasteiger partial charge in [0, 0.05) is 5.69 Å². The summed E-state index contributed by atoms with van der Waals surface area (Å²) in [4.78, 5) is 0. The molecule has 0 spiro atoms. The summed E-state index contributed by atoms with van der Waals surface area (Å²) in [5, 5.41) is 2.45. The summed E-state index contributed by atoms with van der Waals surface area (Å²) in [6, 6.07) is 22.1. The lowest BCUT2D eigenvalue weighted by Gasteiger charge is -2.10. The van der Waals surface area contributed by atoms with Gasteiger partial charge >= 0.3 is 0 Å². The number of hydrogen-bond donors (Lipinski definition) is 3. The first kappa shape index (κ1) is 11.4. The Morgan fingerprint density at radius 3 is 2.05 bits per heavy atom. The van der Waals surface area contributed by atoms with Gasteiger partial charge in [-0.05, 0) is 47.2 Å². The zero-order valence-electron chi connectivity index (χ0n) is 10.4. The minimum atomic E-state index is 0.760. The van der Waals surface area contributed by atoms with Gasteiger partial charge in [-0.25, -0.2) is 0 Å². The Kier molecular flexibility index (Phi) is 2.94. The molecule has 19 heavy (non-hydrogen) atoms. The van der Waals surface area contributed by atoms with Crippen LogP contribution >= 0.6 is 0 Å². The van der Waals surface area contributed by atoms with Crippen LogP contribution < -0.4 is 16.6 Å². The van der Waals surface area contributed by atoms with Gasteiger partial charge < -0.3 is 16.6 Å². The maximum Gasteiger partial charge on any atom is 0.0546 e. The smallest absolute Gasteiger partial charge is 0.0546 e. The fourth-order valence-corrected chi connectivity index (χ4v) is 1.98. The van der Waals surface area contributed by atoms with E-state index in [-0.39, 0.29) is 0 Å². The van der Waals surface area contributed by atoms with Crippen molar-refractivity contribution in [1.82, 2.24) is 0 Å². The second-order valence-corrected chi connectivity index (χ2v) is 4.43. The van der Waals surface area contributed by atoms with Crippen molar-refractivity contribution < 1.29 is 0 Å². The number of benzene rings is 3. The zero-order chi connectivity index (χ0) is 13.1. The minimum Gasteiger partial charge on any atom is -0.399 e. The third-order valence-corrected chi connectivity index (χ3v) is 3.01. The normalized spacial score (nSPS) is 10.3. The maximum atomic E-state index is 5.65. The van der Waals surface area contributed by atoms with Gasteiger partial charge in [0.2, 0.25) is 0 Å². The van der Waals surface area contributed by atoms with E-state index in [1.165, 1.54) is 10.8 Å². The molecule has 0 amide bonds. The lowest BCUT2D eigenvalue weighted by Crippen LogP contribution is -2.08. The maximum absolute atomic E-state index is 5.65. The first-order valence-electron chi connectivity index (χ1n) is 6.18. The molecule has 3 aromatic rings. The summed E-state index contributed by atoms with van der Waals surface area (Å²) >= 11 is 0. The van der Waals surface area contributed by atoms with E-state index in [1.54, 1.807) is 0 Å². The molecule has 0 saturated heterocycles.